The molecule has 3 rings (SSSR count). The van der Waals surface area contributed by atoms with E-state index in [1.807, 2.05) is 23.1 Å². The summed E-state index contributed by atoms with van der Waals surface area (Å²) < 4.78 is 1.05. The van der Waals surface area contributed by atoms with Gasteiger partial charge in [-0.25, -0.2) is 4.99 Å². The molecule has 1 heterocycles. The fraction of sp³-hybridized carbons (Fsp3) is 0.364. The van der Waals surface area contributed by atoms with Crippen molar-refractivity contribution in [3.05, 3.63) is 65.2 Å². The summed E-state index contributed by atoms with van der Waals surface area (Å²) in [6, 6.07) is 16.3. The monoisotopic (exact) mass is 398 g/mol. The van der Waals surface area contributed by atoms with Crippen LogP contribution in [-0.2, 0) is 5.75 Å². The number of hydrogen-bond donors (Lipinski definition) is 0. The highest BCUT2D eigenvalue weighted by Gasteiger charge is 2.21. The van der Waals surface area contributed by atoms with Crippen molar-refractivity contribution in [3.63, 3.8) is 0 Å². The second kappa shape index (κ2) is 10.00. The molecular formula is C22H26N2OS2. The minimum atomic E-state index is 0.170. The Morgan fingerprint density at radius 3 is 2.44 bits per heavy atom. The second-order valence-corrected chi connectivity index (χ2v) is 9.07. The molecule has 0 aliphatic carbocycles. The van der Waals surface area contributed by atoms with Gasteiger partial charge < -0.3 is 4.90 Å². The van der Waals surface area contributed by atoms with E-state index in [1.165, 1.54) is 5.56 Å². The quantitative estimate of drug-likeness (QED) is 0.464. The zero-order valence-corrected chi connectivity index (χ0v) is 17.6. The third-order valence-corrected chi connectivity index (χ3v) is 6.64. The molecule has 1 amide bonds. The zero-order chi connectivity index (χ0) is 19.1. The van der Waals surface area contributed by atoms with E-state index in [-0.39, 0.29) is 5.91 Å². The molecule has 0 bridgehead atoms. The van der Waals surface area contributed by atoms with Crippen LogP contribution >= 0.6 is 23.5 Å². The number of aryl methyl sites for hydroxylation is 1. The Kier molecular flexibility index (Phi) is 7.41. The van der Waals surface area contributed by atoms with Crippen molar-refractivity contribution in [3.8, 4) is 0 Å². The average Bonchev–Trinajstić information content (AvgIpc) is 3.22. The van der Waals surface area contributed by atoms with Crippen molar-refractivity contribution in [1.29, 1.82) is 0 Å². The Bertz CT molecular complexity index is 796. The lowest BCUT2D eigenvalue weighted by atomic mass is 10.1. The van der Waals surface area contributed by atoms with Gasteiger partial charge in [0.2, 0.25) is 0 Å². The number of thioether (sulfide) groups is 2. The van der Waals surface area contributed by atoms with E-state index in [2.05, 4.69) is 44.2 Å². The van der Waals surface area contributed by atoms with Gasteiger partial charge in [-0.2, -0.15) is 0 Å². The van der Waals surface area contributed by atoms with Crippen LogP contribution in [0.5, 0.6) is 0 Å². The molecule has 2 aromatic rings. The number of hydrogen-bond acceptors (Lipinski definition) is 4. The maximum atomic E-state index is 12.8. The van der Waals surface area contributed by atoms with Gasteiger partial charge in [0.25, 0.3) is 5.91 Å². The molecule has 1 saturated heterocycles. The van der Waals surface area contributed by atoms with Crippen molar-refractivity contribution in [2.45, 2.75) is 32.4 Å². The first-order valence-corrected chi connectivity index (χ1v) is 11.4. The Hall–Kier alpha value is -1.72. The van der Waals surface area contributed by atoms with Crippen molar-refractivity contribution in [2.24, 2.45) is 4.99 Å². The average molecular weight is 399 g/mol. The lowest BCUT2D eigenvalue weighted by Gasteiger charge is -2.17. The van der Waals surface area contributed by atoms with Gasteiger partial charge in [0.05, 0.1) is 5.69 Å². The van der Waals surface area contributed by atoms with Crippen LogP contribution in [-0.4, -0.2) is 34.0 Å². The lowest BCUT2D eigenvalue weighted by Crippen LogP contribution is -2.28. The van der Waals surface area contributed by atoms with Gasteiger partial charge in [0.15, 0.2) is 0 Å². The first-order chi connectivity index (χ1) is 13.2. The first-order valence-electron chi connectivity index (χ1n) is 9.45. The highest BCUT2D eigenvalue weighted by molar-refractivity contribution is 8.38. The van der Waals surface area contributed by atoms with Gasteiger partial charge in [-0.1, -0.05) is 66.3 Å². The third kappa shape index (κ3) is 5.63. The number of nitrogens with zero attached hydrogens (tertiary/aromatic N) is 2. The van der Waals surface area contributed by atoms with Crippen molar-refractivity contribution < 1.29 is 4.79 Å². The molecule has 0 aromatic heterocycles. The van der Waals surface area contributed by atoms with E-state index in [0.717, 1.165) is 58.6 Å². The lowest BCUT2D eigenvalue weighted by molar-refractivity contribution is 0.0792. The van der Waals surface area contributed by atoms with Crippen LogP contribution in [0.25, 0.3) is 0 Å². The zero-order valence-electron chi connectivity index (χ0n) is 16.0. The Morgan fingerprint density at radius 1 is 1.04 bits per heavy atom. The summed E-state index contributed by atoms with van der Waals surface area (Å²) in [6.45, 7) is 5.98. The van der Waals surface area contributed by atoms with E-state index < -0.39 is 0 Å². The van der Waals surface area contributed by atoms with Gasteiger partial charge in [-0.15, -0.1) is 0 Å². The summed E-state index contributed by atoms with van der Waals surface area (Å²) in [6.07, 6.45) is 2.23. The predicted molar refractivity (Wildman–Crippen MR) is 119 cm³/mol. The molecule has 1 aliphatic rings. The van der Waals surface area contributed by atoms with Gasteiger partial charge in [0, 0.05) is 24.4 Å². The fourth-order valence-corrected chi connectivity index (χ4v) is 5.02. The fourth-order valence-electron chi connectivity index (χ4n) is 3.04. The molecule has 5 heteroatoms. The molecule has 27 heavy (non-hydrogen) atoms. The summed E-state index contributed by atoms with van der Waals surface area (Å²) in [5, 5.41) is 0. The molecule has 1 aliphatic heterocycles. The summed E-state index contributed by atoms with van der Waals surface area (Å²) in [7, 11) is 0. The highest BCUT2D eigenvalue weighted by Crippen LogP contribution is 2.27. The molecule has 0 radical (unpaired) electrons. The molecule has 3 nitrogen and oxygen atoms in total. The normalized spacial score (nSPS) is 14.6. The largest absolute Gasteiger partial charge is 0.339 e. The number of benzene rings is 2. The number of amides is 1. The number of rotatable bonds is 5. The minimum Gasteiger partial charge on any atom is -0.339 e. The topological polar surface area (TPSA) is 32.7 Å². The van der Waals surface area contributed by atoms with Crippen molar-refractivity contribution in [1.82, 2.24) is 4.90 Å². The summed E-state index contributed by atoms with van der Waals surface area (Å²) in [5.41, 5.74) is 4.14. The highest BCUT2D eigenvalue weighted by atomic mass is 32.2. The van der Waals surface area contributed by atoms with E-state index in [1.54, 1.807) is 23.5 Å². The molecule has 0 atom stereocenters. The minimum absolute atomic E-state index is 0.170. The van der Waals surface area contributed by atoms with Crippen LogP contribution in [0.15, 0.2) is 53.5 Å². The molecule has 1 fully saturated rings. The summed E-state index contributed by atoms with van der Waals surface area (Å²) in [5.74, 6) is 1.91. The third-order valence-electron chi connectivity index (χ3n) is 4.51. The van der Waals surface area contributed by atoms with Crippen molar-refractivity contribution >= 4 is 39.5 Å². The standard InChI is InChI=1S/C22H26N2OS2/c1-3-26-22(23-19-12-10-17(2)11-13-19)27-16-18-8-4-5-9-20(18)21(25)24-14-6-7-15-24/h4-5,8-13H,3,6-7,14-16H2,1-2H3. The molecule has 142 valence electrons. The predicted octanol–water partition coefficient (Wildman–Crippen LogP) is 5.91. The van der Waals surface area contributed by atoms with Gasteiger partial charge in [-0.05, 0) is 49.3 Å². The Balaban J connectivity index is 1.73. The maximum absolute atomic E-state index is 12.8. The molecular weight excluding hydrogens is 372 g/mol. The molecule has 0 unspecified atom stereocenters. The van der Waals surface area contributed by atoms with Crippen LogP contribution in [0.4, 0.5) is 5.69 Å². The van der Waals surface area contributed by atoms with Crippen molar-refractivity contribution in [2.75, 3.05) is 18.8 Å². The van der Waals surface area contributed by atoms with Crippen LogP contribution in [0.3, 0.4) is 0 Å². The van der Waals surface area contributed by atoms with Gasteiger partial charge >= 0.3 is 0 Å². The number of likely N-dealkylation sites (tertiary alicyclic amines) is 1. The molecule has 0 saturated carbocycles. The van der Waals surface area contributed by atoms with Gasteiger partial charge in [0.1, 0.15) is 4.38 Å². The van der Waals surface area contributed by atoms with Gasteiger partial charge in [-0.3, -0.25) is 4.79 Å². The molecule has 0 N–H and O–H groups in total. The Morgan fingerprint density at radius 2 is 1.74 bits per heavy atom. The van der Waals surface area contributed by atoms with Crippen LogP contribution in [0.2, 0.25) is 0 Å². The van der Waals surface area contributed by atoms with Crippen LogP contribution in [0.1, 0.15) is 41.3 Å². The van der Waals surface area contributed by atoms with E-state index in [0.29, 0.717) is 0 Å². The van der Waals surface area contributed by atoms with Crippen LogP contribution < -0.4 is 0 Å². The number of aliphatic imine (C=N–C) groups is 1. The molecule has 2 aromatic carbocycles. The number of carbonyl (C=O) groups excluding carboxylic acids is 1. The number of carbonyl (C=O) groups is 1. The smallest absolute Gasteiger partial charge is 0.254 e. The maximum Gasteiger partial charge on any atom is 0.254 e. The van der Waals surface area contributed by atoms with Crippen LogP contribution in [0, 0.1) is 6.92 Å². The van der Waals surface area contributed by atoms with E-state index in [4.69, 9.17) is 4.99 Å². The Labute approximate surface area is 170 Å². The second-order valence-electron chi connectivity index (χ2n) is 6.59. The van der Waals surface area contributed by atoms with E-state index in [9.17, 15) is 4.79 Å². The SMILES string of the molecule is CCSC(=Nc1ccc(C)cc1)SCc1ccccc1C(=O)N1CCCC1. The summed E-state index contributed by atoms with van der Waals surface area (Å²) in [4.78, 5) is 19.6. The summed E-state index contributed by atoms with van der Waals surface area (Å²) >= 11 is 3.47. The van der Waals surface area contributed by atoms with E-state index >= 15 is 0 Å². The molecule has 0 spiro atoms. The first kappa shape index (κ1) is 20.0.